The number of hydrogen-bond acceptors (Lipinski definition) is 3. The zero-order valence-corrected chi connectivity index (χ0v) is 8.29. The van der Waals surface area contributed by atoms with Gasteiger partial charge in [-0.25, -0.2) is 0 Å². The summed E-state index contributed by atoms with van der Waals surface area (Å²) in [6, 6.07) is 0.621. The van der Waals surface area contributed by atoms with Crippen molar-refractivity contribution in [1.82, 2.24) is 5.32 Å². The first-order chi connectivity index (χ1) is 6.40. The van der Waals surface area contributed by atoms with E-state index in [0.717, 1.165) is 19.6 Å². The third-order valence-electron chi connectivity index (χ3n) is 3.04. The number of fused-ring (bicyclic) bond motifs is 2. The van der Waals surface area contributed by atoms with Gasteiger partial charge in [0.2, 0.25) is 0 Å². The predicted molar refractivity (Wildman–Crippen MR) is 50.8 cm³/mol. The molecule has 0 aromatic rings. The van der Waals surface area contributed by atoms with E-state index in [9.17, 15) is 0 Å². The number of methoxy groups -OCH3 is 1. The molecule has 2 rings (SSSR count). The summed E-state index contributed by atoms with van der Waals surface area (Å²) < 4.78 is 10.7. The summed E-state index contributed by atoms with van der Waals surface area (Å²) >= 11 is 0. The summed E-state index contributed by atoms with van der Waals surface area (Å²) in [5.41, 5.74) is 0. The Morgan fingerprint density at radius 3 is 3.00 bits per heavy atom. The van der Waals surface area contributed by atoms with Crippen molar-refractivity contribution in [1.29, 1.82) is 0 Å². The van der Waals surface area contributed by atoms with Crippen LogP contribution in [0.3, 0.4) is 0 Å². The maximum absolute atomic E-state index is 5.75. The average Bonchev–Trinajstić information content (AvgIpc) is 2.73. The number of ether oxygens (including phenoxy) is 2. The largest absolute Gasteiger partial charge is 0.385 e. The van der Waals surface area contributed by atoms with E-state index in [1.807, 2.05) is 0 Å². The van der Waals surface area contributed by atoms with Crippen LogP contribution >= 0.6 is 0 Å². The summed E-state index contributed by atoms with van der Waals surface area (Å²) in [5.74, 6) is 0. The van der Waals surface area contributed by atoms with Gasteiger partial charge in [-0.15, -0.1) is 0 Å². The Hall–Kier alpha value is -0.120. The maximum Gasteiger partial charge on any atom is 0.0733 e. The Morgan fingerprint density at radius 1 is 1.46 bits per heavy atom. The fourth-order valence-electron chi connectivity index (χ4n) is 2.36. The highest BCUT2D eigenvalue weighted by Gasteiger charge is 2.40. The SMILES string of the molecule is COCCCNC1CC2CCC1O2. The molecule has 76 valence electrons. The highest BCUT2D eigenvalue weighted by Crippen LogP contribution is 2.34. The maximum atomic E-state index is 5.75. The third-order valence-corrected chi connectivity index (χ3v) is 3.04. The molecule has 2 fully saturated rings. The highest BCUT2D eigenvalue weighted by molar-refractivity contribution is 4.93. The van der Waals surface area contributed by atoms with Crippen molar-refractivity contribution in [3.8, 4) is 0 Å². The molecule has 3 atom stereocenters. The number of nitrogens with one attached hydrogen (secondary N) is 1. The van der Waals surface area contributed by atoms with Crippen LogP contribution in [0.2, 0.25) is 0 Å². The topological polar surface area (TPSA) is 30.5 Å². The number of rotatable bonds is 5. The molecule has 0 spiro atoms. The van der Waals surface area contributed by atoms with Gasteiger partial charge in [0.15, 0.2) is 0 Å². The lowest BCUT2D eigenvalue weighted by Crippen LogP contribution is -2.38. The first kappa shape index (κ1) is 9.44. The van der Waals surface area contributed by atoms with E-state index >= 15 is 0 Å². The smallest absolute Gasteiger partial charge is 0.0733 e. The standard InChI is InChI=1S/C10H19NO2/c1-12-6-2-5-11-9-7-8-3-4-10(9)13-8/h8-11H,2-7H2,1H3. The molecular formula is C10H19NO2. The zero-order chi connectivity index (χ0) is 9.10. The van der Waals surface area contributed by atoms with E-state index in [4.69, 9.17) is 9.47 Å². The van der Waals surface area contributed by atoms with Crippen LogP contribution in [0.1, 0.15) is 25.7 Å². The lowest BCUT2D eigenvalue weighted by Gasteiger charge is -2.19. The van der Waals surface area contributed by atoms with Crippen LogP contribution < -0.4 is 5.32 Å². The first-order valence-corrected chi connectivity index (χ1v) is 5.28. The number of hydrogen-bond donors (Lipinski definition) is 1. The van der Waals surface area contributed by atoms with Gasteiger partial charge < -0.3 is 14.8 Å². The van der Waals surface area contributed by atoms with Crippen molar-refractivity contribution in [2.75, 3.05) is 20.3 Å². The van der Waals surface area contributed by atoms with Gasteiger partial charge in [0.1, 0.15) is 0 Å². The summed E-state index contributed by atoms with van der Waals surface area (Å²) in [5, 5.41) is 3.54. The quantitative estimate of drug-likeness (QED) is 0.646. The van der Waals surface area contributed by atoms with E-state index in [2.05, 4.69) is 5.32 Å². The molecule has 0 amide bonds. The molecule has 3 nitrogen and oxygen atoms in total. The van der Waals surface area contributed by atoms with Gasteiger partial charge >= 0.3 is 0 Å². The molecule has 1 N–H and O–H groups in total. The van der Waals surface area contributed by atoms with Crippen LogP contribution in [-0.4, -0.2) is 38.5 Å². The molecule has 0 saturated carbocycles. The molecule has 2 heterocycles. The van der Waals surface area contributed by atoms with Gasteiger partial charge in [-0.1, -0.05) is 0 Å². The predicted octanol–water partition coefficient (Wildman–Crippen LogP) is 0.932. The molecular weight excluding hydrogens is 166 g/mol. The average molecular weight is 185 g/mol. The van der Waals surface area contributed by atoms with E-state index in [0.29, 0.717) is 18.2 Å². The molecule has 2 aliphatic heterocycles. The van der Waals surface area contributed by atoms with Gasteiger partial charge in [0, 0.05) is 19.8 Å². The minimum absolute atomic E-state index is 0.507. The summed E-state index contributed by atoms with van der Waals surface area (Å²) in [4.78, 5) is 0. The molecule has 2 saturated heterocycles. The van der Waals surface area contributed by atoms with E-state index in [-0.39, 0.29) is 0 Å². The normalized spacial score (nSPS) is 37.2. The van der Waals surface area contributed by atoms with E-state index < -0.39 is 0 Å². The van der Waals surface area contributed by atoms with Gasteiger partial charge in [0.05, 0.1) is 12.2 Å². The van der Waals surface area contributed by atoms with Crippen molar-refractivity contribution in [2.24, 2.45) is 0 Å². The van der Waals surface area contributed by atoms with Crippen LogP contribution in [0.25, 0.3) is 0 Å². The van der Waals surface area contributed by atoms with Gasteiger partial charge in [-0.3, -0.25) is 0 Å². The summed E-state index contributed by atoms with van der Waals surface area (Å²) in [7, 11) is 1.75. The van der Waals surface area contributed by atoms with E-state index in [1.54, 1.807) is 7.11 Å². The molecule has 2 aliphatic rings. The van der Waals surface area contributed by atoms with Crippen LogP contribution in [0.5, 0.6) is 0 Å². The molecule has 0 aliphatic carbocycles. The molecule has 3 unspecified atom stereocenters. The second kappa shape index (κ2) is 4.40. The van der Waals surface area contributed by atoms with Crippen molar-refractivity contribution in [3.63, 3.8) is 0 Å². The monoisotopic (exact) mass is 185 g/mol. The lowest BCUT2D eigenvalue weighted by atomic mass is 9.95. The van der Waals surface area contributed by atoms with E-state index in [1.165, 1.54) is 19.3 Å². The van der Waals surface area contributed by atoms with Crippen molar-refractivity contribution in [2.45, 2.75) is 43.9 Å². The van der Waals surface area contributed by atoms with Crippen LogP contribution in [0.4, 0.5) is 0 Å². The summed E-state index contributed by atoms with van der Waals surface area (Å²) in [6.45, 7) is 1.92. The minimum Gasteiger partial charge on any atom is -0.385 e. The Morgan fingerprint density at radius 2 is 2.38 bits per heavy atom. The second-order valence-corrected chi connectivity index (χ2v) is 4.02. The molecule has 0 aromatic carbocycles. The Balaban J connectivity index is 1.60. The Labute approximate surface area is 79.8 Å². The van der Waals surface area contributed by atoms with Gasteiger partial charge in [-0.05, 0) is 32.2 Å². The minimum atomic E-state index is 0.507. The Kier molecular flexibility index (Phi) is 3.19. The lowest BCUT2D eigenvalue weighted by molar-refractivity contribution is 0.0970. The van der Waals surface area contributed by atoms with Crippen LogP contribution in [0, 0.1) is 0 Å². The first-order valence-electron chi connectivity index (χ1n) is 5.28. The van der Waals surface area contributed by atoms with Crippen molar-refractivity contribution < 1.29 is 9.47 Å². The second-order valence-electron chi connectivity index (χ2n) is 4.02. The molecule has 13 heavy (non-hydrogen) atoms. The molecule has 3 heteroatoms. The third kappa shape index (κ3) is 2.22. The fourth-order valence-corrected chi connectivity index (χ4v) is 2.36. The molecule has 0 radical (unpaired) electrons. The highest BCUT2D eigenvalue weighted by atomic mass is 16.5. The van der Waals surface area contributed by atoms with Crippen LogP contribution in [-0.2, 0) is 9.47 Å². The Bertz CT molecular complexity index is 163. The van der Waals surface area contributed by atoms with Gasteiger partial charge in [0.25, 0.3) is 0 Å². The van der Waals surface area contributed by atoms with Crippen molar-refractivity contribution >= 4 is 0 Å². The summed E-state index contributed by atoms with van der Waals surface area (Å²) in [6.07, 6.45) is 5.92. The molecule has 0 aromatic heterocycles. The van der Waals surface area contributed by atoms with Crippen LogP contribution in [0.15, 0.2) is 0 Å². The van der Waals surface area contributed by atoms with Gasteiger partial charge in [-0.2, -0.15) is 0 Å². The van der Waals surface area contributed by atoms with Crippen molar-refractivity contribution in [3.05, 3.63) is 0 Å². The fraction of sp³-hybridized carbons (Fsp3) is 1.00. The zero-order valence-electron chi connectivity index (χ0n) is 8.29. The molecule has 2 bridgehead atoms.